The van der Waals surface area contributed by atoms with Gasteiger partial charge < -0.3 is 14.6 Å². The molecule has 0 spiro atoms. The molecule has 2 aromatic rings. The van der Waals surface area contributed by atoms with Crippen molar-refractivity contribution in [2.24, 2.45) is 0 Å². The van der Waals surface area contributed by atoms with Gasteiger partial charge in [0.05, 0.1) is 13.2 Å². The predicted octanol–water partition coefficient (Wildman–Crippen LogP) is 3.58. The normalized spacial score (nSPS) is 13.8. The molecule has 0 amide bonds. The Hall–Kier alpha value is -2.01. The van der Waals surface area contributed by atoms with Crippen LogP contribution < -0.4 is 9.47 Å². The maximum atomic E-state index is 11.0. The number of hydrogen-bond donors (Lipinski definition) is 1. The van der Waals surface area contributed by atoms with E-state index in [0.717, 1.165) is 33.9 Å². The number of rotatable bonds is 2. The van der Waals surface area contributed by atoms with Crippen molar-refractivity contribution in [1.29, 1.82) is 0 Å². The lowest BCUT2D eigenvalue weighted by atomic mass is 10.1. The molecule has 0 radical (unpaired) electrons. The van der Waals surface area contributed by atoms with E-state index in [2.05, 4.69) is 0 Å². The summed E-state index contributed by atoms with van der Waals surface area (Å²) in [6, 6.07) is 7.45. The van der Waals surface area contributed by atoms with Crippen molar-refractivity contribution in [1.82, 2.24) is 0 Å². The van der Waals surface area contributed by atoms with Gasteiger partial charge in [-0.05, 0) is 42.3 Å². The Bertz CT molecular complexity index is 660. The Morgan fingerprint density at radius 1 is 1.20 bits per heavy atom. The number of aromatic carboxylic acids is 1. The molecule has 20 heavy (non-hydrogen) atoms. The highest BCUT2D eigenvalue weighted by molar-refractivity contribution is 7.17. The van der Waals surface area contributed by atoms with Crippen LogP contribution in [0, 0.1) is 6.92 Å². The second kappa shape index (κ2) is 5.17. The molecule has 0 fully saturated rings. The van der Waals surface area contributed by atoms with E-state index < -0.39 is 5.97 Å². The Balaban J connectivity index is 2.02. The van der Waals surface area contributed by atoms with Gasteiger partial charge in [0, 0.05) is 11.3 Å². The third-order valence-electron chi connectivity index (χ3n) is 3.14. The Kier molecular flexibility index (Phi) is 3.36. The Morgan fingerprint density at radius 2 is 1.95 bits per heavy atom. The number of benzene rings is 1. The first-order valence-electron chi connectivity index (χ1n) is 6.39. The standard InChI is InChI=1S/C15H14O4S/c1-9-7-13(15(16)17)20-14(9)10-3-4-11-12(8-10)19-6-2-5-18-11/h3-4,7-8H,2,5-6H2,1H3,(H,16,17). The summed E-state index contributed by atoms with van der Waals surface area (Å²) in [5, 5.41) is 9.06. The van der Waals surface area contributed by atoms with Gasteiger partial charge in [0.25, 0.3) is 0 Å². The Morgan fingerprint density at radius 3 is 2.65 bits per heavy atom. The van der Waals surface area contributed by atoms with Crippen molar-refractivity contribution < 1.29 is 19.4 Å². The van der Waals surface area contributed by atoms with Crippen LogP contribution in [-0.4, -0.2) is 24.3 Å². The molecule has 0 saturated heterocycles. The van der Waals surface area contributed by atoms with Crippen molar-refractivity contribution in [3.8, 4) is 21.9 Å². The van der Waals surface area contributed by atoms with Crippen molar-refractivity contribution in [2.45, 2.75) is 13.3 Å². The van der Waals surface area contributed by atoms with Gasteiger partial charge in [-0.2, -0.15) is 0 Å². The number of carboxylic acids is 1. The zero-order chi connectivity index (χ0) is 14.1. The number of aryl methyl sites for hydroxylation is 1. The fourth-order valence-corrected chi connectivity index (χ4v) is 3.19. The molecule has 0 unspecified atom stereocenters. The molecular formula is C15H14O4S. The SMILES string of the molecule is Cc1cc(C(=O)O)sc1-c1ccc2c(c1)OCCCO2. The lowest BCUT2D eigenvalue weighted by Gasteiger charge is -2.09. The number of thiophene rings is 1. The molecule has 104 valence electrons. The third-order valence-corrected chi connectivity index (χ3v) is 4.41. The summed E-state index contributed by atoms with van der Waals surface area (Å²) in [6.07, 6.45) is 0.866. The van der Waals surface area contributed by atoms with Gasteiger partial charge in [-0.15, -0.1) is 11.3 Å². The lowest BCUT2D eigenvalue weighted by molar-refractivity contribution is 0.0702. The van der Waals surface area contributed by atoms with E-state index in [-0.39, 0.29) is 0 Å². The van der Waals surface area contributed by atoms with Crippen LogP contribution in [0.15, 0.2) is 24.3 Å². The first-order valence-corrected chi connectivity index (χ1v) is 7.20. The quantitative estimate of drug-likeness (QED) is 0.918. The first-order chi connectivity index (χ1) is 9.65. The topological polar surface area (TPSA) is 55.8 Å². The lowest BCUT2D eigenvalue weighted by Crippen LogP contribution is -1.97. The van der Waals surface area contributed by atoms with Gasteiger partial charge >= 0.3 is 5.97 Å². The summed E-state index contributed by atoms with van der Waals surface area (Å²) in [5.74, 6) is 0.585. The van der Waals surface area contributed by atoms with Gasteiger partial charge in [0.15, 0.2) is 11.5 Å². The van der Waals surface area contributed by atoms with Crippen molar-refractivity contribution in [2.75, 3.05) is 13.2 Å². The summed E-state index contributed by atoms with van der Waals surface area (Å²) in [5.41, 5.74) is 1.92. The first kappa shape index (κ1) is 13.0. The molecular weight excluding hydrogens is 276 g/mol. The van der Waals surface area contributed by atoms with Gasteiger partial charge in [0.2, 0.25) is 0 Å². The molecule has 5 heteroatoms. The van der Waals surface area contributed by atoms with Crippen LogP contribution >= 0.6 is 11.3 Å². The summed E-state index contributed by atoms with van der Waals surface area (Å²) in [6.45, 7) is 3.22. The molecule has 4 nitrogen and oxygen atoms in total. The molecule has 1 aromatic heterocycles. The van der Waals surface area contributed by atoms with Crippen LogP contribution in [0.25, 0.3) is 10.4 Å². The minimum absolute atomic E-state index is 0.351. The average molecular weight is 290 g/mol. The number of carboxylic acid groups (broad SMARTS) is 1. The molecule has 0 saturated carbocycles. The van der Waals surface area contributed by atoms with Crippen LogP contribution in [0.3, 0.4) is 0 Å². The fourth-order valence-electron chi connectivity index (χ4n) is 2.18. The largest absolute Gasteiger partial charge is 0.490 e. The number of hydrogen-bond acceptors (Lipinski definition) is 4. The molecule has 1 N–H and O–H groups in total. The zero-order valence-corrected chi connectivity index (χ0v) is 11.8. The average Bonchev–Trinajstić information content (AvgIpc) is 2.68. The molecule has 2 heterocycles. The Labute approximate surface area is 120 Å². The number of fused-ring (bicyclic) bond motifs is 1. The van der Waals surface area contributed by atoms with Crippen molar-refractivity contribution in [3.05, 3.63) is 34.7 Å². The van der Waals surface area contributed by atoms with E-state index >= 15 is 0 Å². The van der Waals surface area contributed by atoms with E-state index in [9.17, 15) is 4.79 Å². The number of ether oxygens (including phenoxy) is 2. The van der Waals surface area contributed by atoms with E-state index in [1.807, 2.05) is 25.1 Å². The summed E-state index contributed by atoms with van der Waals surface area (Å²) in [4.78, 5) is 12.3. The minimum Gasteiger partial charge on any atom is -0.490 e. The maximum Gasteiger partial charge on any atom is 0.345 e. The van der Waals surface area contributed by atoms with Crippen molar-refractivity contribution >= 4 is 17.3 Å². The smallest absolute Gasteiger partial charge is 0.345 e. The minimum atomic E-state index is -0.890. The highest BCUT2D eigenvalue weighted by Crippen LogP contribution is 2.38. The van der Waals surface area contributed by atoms with Crippen LogP contribution in [0.4, 0.5) is 0 Å². The monoisotopic (exact) mass is 290 g/mol. The van der Waals surface area contributed by atoms with Gasteiger partial charge in [0.1, 0.15) is 4.88 Å². The summed E-state index contributed by atoms with van der Waals surface area (Å²) in [7, 11) is 0. The second-order valence-electron chi connectivity index (χ2n) is 4.64. The summed E-state index contributed by atoms with van der Waals surface area (Å²) >= 11 is 1.28. The predicted molar refractivity (Wildman–Crippen MR) is 77.1 cm³/mol. The van der Waals surface area contributed by atoms with E-state index in [0.29, 0.717) is 18.1 Å². The number of carbonyl (C=O) groups is 1. The van der Waals surface area contributed by atoms with Crippen LogP contribution in [-0.2, 0) is 0 Å². The molecule has 3 rings (SSSR count). The zero-order valence-electron chi connectivity index (χ0n) is 11.0. The molecule has 1 aliphatic rings. The van der Waals surface area contributed by atoms with Crippen LogP contribution in [0.5, 0.6) is 11.5 Å². The maximum absolute atomic E-state index is 11.0. The second-order valence-corrected chi connectivity index (χ2v) is 5.69. The molecule has 1 aromatic carbocycles. The highest BCUT2D eigenvalue weighted by Gasteiger charge is 2.16. The van der Waals surface area contributed by atoms with Crippen molar-refractivity contribution in [3.63, 3.8) is 0 Å². The van der Waals surface area contributed by atoms with Crippen LogP contribution in [0.2, 0.25) is 0 Å². The van der Waals surface area contributed by atoms with Gasteiger partial charge in [-0.25, -0.2) is 4.79 Å². The highest BCUT2D eigenvalue weighted by atomic mass is 32.1. The summed E-state index contributed by atoms with van der Waals surface area (Å²) < 4.78 is 11.3. The van der Waals surface area contributed by atoms with Gasteiger partial charge in [-0.3, -0.25) is 0 Å². The van der Waals surface area contributed by atoms with E-state index in [4.69, 9.17) is 14.6 Å². The van der Waals surface area contributed by atoms with Gasteiger partial charge in [-0.1, -0.05) is 0 Å². The fraction of sp³-hybridized carbons (Fsp3) is 0.267. The molecule has 0 atom stereocenters. The molecule has 0 bridgehead atoms. The molecule has 1 aliphatic heterocycles. The van der Waals surface area contributed by atoms with Crippen LogP contribution in [0.1, 0.15) is 21.7 Å². The van der Waals surface area contributed by atoms with E-state index in [1.165, 1.54) is 11.3 Å². The third kappa shape index (κ3) is 2.36. The molecule has 0 aliphatic carbocycles. The van der Waals surface area contributed by atoms with E-state index in [1.54, 1.807) is 6.07 Å².